The Morgan fingerprint density at radius 1 is 1.10 bits per heavy atom. The number of hydrogen-bond donors (Lipinski definition) is 0. The third-order valence-corrected chi connectivity index (χ3v) is 4.71. The minimum Gasteiger partial charge on any atom is -0.271 e. The van der Waals surface area contributed by atoms with Crippen molar-refractivity contribution in [2.75, 3.05) is 5.01 Å². The van der Waals surface area contributed by atoms with Crippen LogP contribution in [0.15, 0.2) is 64.6 Å². The predicted octanol–water partition coefficient (Wildman–Crippen LogP) is 4.22. The van der Waals surface area contributed by atoms with Gasteiger partial charge in [-0.3, -0.25) is 4.79 Å². The zero-order chi connectivity index (χ0) is 14.8. The Morgan fingerprint density at radius 2 is 1.76 bits per heavy atom. The molecule has 0 N–H and O–H groups in total. The maximum Gasteiger partial charge on any atom is 0.266 e. The summed E-state index contributed by atoms with van der Waals surface area (Å²) in [4.78, 5) is 13.6. The summed E-state index contributed by atoms with van der Waals surface area (Å²) >= 11 is 7.37. The average Bonchev–Trinajstić information content (AvgIpc) is 2.78. The van der Waals surface area contributed by atoms with Gasteiger partial charge in [-0.2, -0.15) is 10.1 Å². The van der Waals surface area contributed by atoms with Crippen molar-refractivity contribution in [3.8, 4) is 0 Å². The van der Waals surface area contributed by atoms with Crippen molar-refractivity contribution in [3.05, 3.63) is 59.6 Å². The van der Waals surface area contributed by atoms with Gasteiger partial charge in [-0.15, -0.1) is 11.8 Å². The number of anilines is 1. The van der Waals surface area contributed by atoms with E-state index in [4.69, 9.17) is 11.6 Å². The summed E-state index contributed by atoms with van der Waals surface area (Å²) in [7, 11) is 0. The molecular weight excluding hydrogens is 304 g/mol. The van der Waals surface area contributed by atoms with Crippen LogP contribution in [0.25, 0.3) is 0 Å². The van der Waals surface area contributed by atoms with Crippen LogP contribution in [0, 0.1) is 0 Å². The van der Waals surface area contributed by atoms with E-state index in [9.17, 15) is 4.79 Å². The van der Waals surface area contributed by atoms with Crippen molar-refractivity contribution < 1.29 is 4.79 Å². The molecule has 0 aromatic heterocycles. The van der Waals surface area contributed by atoms with Gasteiger partial charge in [0.15, 0.2) is 0 Å². The zero-order valence-corrected chi connectivity index (χ0v) is 12.9. The van der Waals surface area contributed by atoms with E-state index < -0.39 is 0 Å². The molecule has 3 nitrogen and oxygen atoms in total. The van der Waals surface area contributed by atoms with Gasteiger partial charge in [0, 0.05) is 9.92 Å². The molecule has 0 aliphatic carbocycles. The van der Waals surface area contributed by atoms with Crippen LogP contribution in [-0.2, 0) is 4.79 Å². The van der Waals surface area contributed by atoms with E-state index >= 15 is 0 Å². The number of benzene rings is 2. The number of carbonyl (C=O) groups is 1. The lowest BCUT2D eigenvalue weighted by Gasteiger charge is -2.14. The largest absolute Gasteiger partial charge is 0.271 e. The average molecular weight is 317 g/mol. The summed E-state index contributed by atoms with van der Waals surface area (Å²) < 4.78 is 0. The fourth-order valence-corrected chi connectivity index (χ4v) is 3.20. The summed E-state index contributed by atoms with van der Waals surface area (Å²) in [5.41, 5.74) is 1.60. The Morgan fingerprint density at radius 3 is 2.43 bits per heavy atom. The highest BCUT2D eigenvalue weighted by Gasteiger charge is 2.35. The summed E-state index contributed by atoms with van der Waals surface area (Å²) in [5.74, 6) is -0.0151. The summed E-state index contributed by atoms with van der Waals surface area (Å²) in [6, 6.07) is 16.9. The van der Waals surface area contributed by atoms with Crippen LogP contribution in [0.5, 0.6) is 0 Å². The minimum absolute atomic E-state index is 0.0151. The maximum absolute atomic E-state index is 12.6. The van der Waals surface area contributed by atoms with Gasteiger partial charge in [0.05, 0.1) is 11.4 Å². The first-order valence-electron chi connectivity index (χ1n) is 6.51. The maximum atomic E-state index is 12.6. The van der Waals surface area contributed by atoms with Gasteiger partial charge in [0.2, 0.25) is 0 Å². The molecule has 1 aliphatic rings. The summed E-state index contributed by atoms with van der Waals surface area (Å²) in [6.07, 6.45) is 0. The topological polar surface area (TPSA) is 32.7 Å². The smallest absolute Gasteiger partial charge is 0.266 e. The number of nitrogens with zero attached hydrogens (tertiary/aromatic N) is 2. The van der Waals surface area contributed by atoms with Crippen molar-refractivity contribution in [2.45, 2.75) is 17.1 Å². The number of para-hydroxylation sites is 1. The first-order chi connectivity index (χ1) is 10.1. The van der Waals surface area contributed by atoms with Crippen LogP contribution in [0.2, 0.25) is 5.02 Å². The summed E-state index contributed by atoms with van der Waals surface area (Å²) in [5, 5.41) is 6.27. The van der Waals surface area contributed by atoms with Crippen molar-refractivity contribution >= 4 is 40.7 Å². The number of hydrazone groups is 1. The Balaban J connectivity index is 1.81. The van der Waals surface area contributed by atoms with E-state index in [1.54, 1.807) is 0 Å². The second-order valence-electron chi connectivity index (χ2n) is 4.68. The molecule has 0 bridgehead atoms. The Labute approximate surface area is 132 Å². The lowest BCUT2D eigenvalue weighted by Crippen LogP contribution is -2.28. The normalized spacial score (nSPS) is 18.0. The molecule has 3 rings (SSSR count). The molecule has 5 heteroatoms. The molecule has 106 valence electrons. The van der Waals surface area contributed by atoms with Gasteiger partial charge in [-0.25, -0.2) is 0 Å². The quantitative estimate of drug-likeness (QED) is 0.849. The van der Waals surface area contributed by atoms with Gasteiger partial charge >= 0.3 is 0 Å². The first-order valence-corrected chi connectivity index (χ1v) is 7.77. The molecule has 0 saturated carbocycles. The van der Waals surface area contributed by atoms with E-state index in [1.165, 1.54) is 16.8 Å². The van der Waals surface area contributed by atoms with Gasteiger partial charge < -0.3 is 0 Å². The molecule has 0 radical (unpaired) electrons. The number of rotatable bonds is 3. The van der Waals surface area contributed by atoms with Crippen LogP contribution in [0.1, 0.15) is 6.92 Å². The molecule has 0 saturated heterocycles. The van der Waals surface area contributed by atoms with Crippen LogP contribution < -0.4 is 5.01 Å². The predicted molar refractivity (Wildman–Crippen MR) is 88.1 cm³/mol. The number of carbonyl (C=O) groups excluding carboxylic acids is 1. The van der Waals surface area contributed by atoms with Gasteiger partial charge in [0.25, 0.3) is 5.91 Å². The van der Waals surface area contributed by atoms with Crippen LogP contribution in [0.4, 0.5) is 5.69 Å². The zero-order valence-electron chi connectivity index (χ0n) is 11.4. The molecular formula is C16H13ClN2OS. The minimum atomic E-state index is -0.286. The van der Waals surface area contributed by atoms with Gasteiger partial charge in [-0.05, 0) is 43.3 Å². The molecule has 2 aromatic rings. The highest BCUT2D eigenvalue weighted by Crippen LogP contribution is 2.32. The van der Waals surface area contributed by atoms with Crippen molar-refractivity contribution in [1.82, 2.24) is 0 Å². The Hall–Kier alpha value is -1.78. The molecule has 1 atom stereocenters. The number of amides is 1. The van der Waals surface area contributed by atoms with Crippen LogP contribution in [0.3, 0.4) is 0 Å². The van der Waals surface area contributed by atoms with Crippen LogP contribution in [-0.4, -0.2) is 16.9 Å². The number of halogens is 1. The lowest BCUT2D eigenvalue weighted by molar-refractivity contribution is -0.116. The molecule has 1 unspecified atom stereocenters. The first kappa shape index (κ1) is 14.2. The Kier molecular flexibility index (Phi) is 3.99. The van der Waals surface area contributed by atoms with E-state index in [-0.39, 0.29) is 11.2 Å². The Bertz CT molecular complexity index is 685. The second-order valence-corrected chi connectivity index (χ2v) is 6.29. The highest BCUT2D eigenvalue weighted by molar-refractivity contribution is 8.01. The monoisotopic (exact) mass is 316 g/mol. The third kappa shape index (κ3) is 2.96. The fraction of sp³-hybridized carbons (Fsp3) is 0.125. The van der Waals surface area contributed by atoms with Gasteiger partial charge in [-0.1, -0.05) is 29.8 Å². The molecule has 21 heavy (non-hydrogen) atoms. The lowest BCUT2D eigenvalue weighted by atomic mass is 10.3. The standard InChI is InChI=1S/C16H13ClN2OS/c1-11-15(21-14-9-7-12(17)8-10-14)16(20)19(18-11)13-5-3-2-4-6-13/h2-10,15H,1H3. The van der Waals surface area contributed by atoms with E-state index in [1.807, 2.05) is 61.5 Å². The molecule has 1 heterocycles. The summed E-state index contributed by atoms with van der Waals surface area (Å²) in [6.45, 7) is 1.88. The number of thioether (sulfide) groups is 1. The third-order valence-electron chi connectivity index (χ3n) is 3.14. The molecule has 0 fully saturated rings. The highest BCUT2D eigenvalue weighted by atomic mass is 35.5. The SMILES string of the molecule is CC1=NN(c2ccccc2)C(=O)C1Sc1ccc(Cl)cc1. The second kappa shape index (κ2) is 5.92. The van der Waals surface area contributed by atoms with E-state index in [0.29, 0.717) is 5.02 Å². The van der Waals surface area contributed by atoms with E-state index in [2.05, 4.69) is 5.10 Å². The van der Waals surface area contributed by atoms with Crippen molar-refractivity contribution in [3.63, 3.8) is 0 Å². The molecule has 2 aromatic carbocycles. The van der Waals surface area contributed by atoms with E-state index in [0.717, 1.165) is 16.3 Å². The molecule has 0 spiro atoms. The van der Waals surface area contributed by atoms with Crippen molar-refractivity contribution in [2.24, 2.45) is 5.10 Å². The van der Waals surface area contributed by atoms with Crippen LogP contribution >= 0.6 is 23.4 Å². The molecule has 1 aliphatic heterocycles. The number of hydrogen-bond acceptors (Lipinski definition) is 3. The fourth-order valence-electron chi connectivity index (χ4n) is 2.09. The van der Waals surface area contributed by atoms with Gasteiger partial charge in [0.1, 0.15) is 5.25 Å². The molecule has 1 amide bonds. The van der Waals surface area contributed by atoms with Crippen molar-refractivity contribution in [1.29, 1.82) is 0 Å².